The predicted octanol–water partition coefficient (Wildman–Crippen LogP) is 2.37. The first-order valence-corrected chi connectivity index (χ1v) is 6.07. The van der Waals surface area contributed by atoms with Crippen LogP contribution in [0, 0.1) is 10.5 Å². The third kappa shape index (κ3) is 2.39. The summed E-state index contributed by atoms with van der Waals surface area (Å²) in [6.45, 7) is 4.39. The predicted molar refractivity (Wildman–Crippen MR) is 68.8 cm³/mol. The van der Waals surface area contributed by atoms with E-state index >= 15 is 0 Å². The van der Waals surface area contributed by atoms with Gasteiger partial charge in [0.1, 0.15) is 0 Å². The average molecular weight is 302 g/mol. The second-order valence-corrected chi connectivity index (χ2v) is 5.04. The Morgan fingerprint density at radius 1 is 1.50 bits per heavy atom. The van der Waals surface area contributed by atoms with Crippen LogP contribution in [0.1, 0.15) is 12.0 Å². The lowest BCUT2D eigenvalue weighted by molar-refractivity contribution is 0.792. The van der Waals surface area contributed by atoms with Crippen molar-refractivity contribution in [2.75, 3.05) is 18.4 Å². The molecule has 1 aromatic rings. The molecule has 0 amide bonds. The molecule has 3 heteroatoms. The molecule has 2 N–H and O–H groups in total. The Morgan fingerprint density at radius 3 is 3.00 bits per heavy atom. The highest BCUT2D eigenvalue weighted by atomic mass is 127. The van der Waals surface area contributed by atoms with Gasteiger partial charge in [0.05, 0.1) is 0 Å². The molecule has 0 aromatic heterocycles. The van der Waals surface area contributed by atoms with Crippen LogP contribution < -0.4 is 10.6 Å². The Morgan fingerprint density at radius 2 is 2.36 bits per heavy atom. The molecule has 0 saturated carbocycles. The number of hydrogen-bond donors (Lipinski definition) is 2. The maximum Gasteiger partial charge on any atom is 0.0398 e. The van der Waals surface area contributed by atoms with E-state index in [1.807, 2.05) is 0 Å². The van der Waals surface area contributed by atoms with Gasteiger partial charge in [-0.2, -0.15) is 0 Å². The fourth-order valence-electron chi connectivity index (χ4n) is 1.79. The molecule has 1 unspecified atom stereocenters. The van der Waals surface area contributed by atoms with Gasteiger partial charge in [-0.3, -0.25) is 0 Å². The standard InChI is InChI=1S/C11H15IN2/c1-8-6-9(12)2-3-11(8)14-10-4-5-13-7-10/h2-3,6,10,13-14H,4-5,7H2,1H3. The van der Waals surface area contributed by atoms with Crippen LogP contribution in [-0.4, -0.2) is 19.1 Å². The van der Waals surface area contributed by atoms with E-state index in [4.69, 9.17) is 0 Å². The zero-order valence-electron chi connectivity index (χ0n) is 8.31. The number of nitrogens with one attached hydrogen (secondary N) is 2. The summed E-state index contributed by atoms with van der Waals surface area (Å²) in [5.41, 5.74) is 2.61. The minimum atomic E-state index is 0.605. The van der Waals surface area contributed by atoms with Crippen molar-refractivity contribution in [1.29, 1.82) is 0 Å². The summed E-state index contributed by atoms with van der Waals surface area (Å²) in [6.07, 6.45) is 1.23. The fourth-order valence-corrected chi connectivity index (χ4v) is 2.43. The monoisotopic (exact) mass is 302 g/mol. The highest BCUT2D eigenvalue weighted by molar-refractivity contribution is 14.1. The molecule has 2 rings (SSSR count). The normalized spacial score (nSPS) is 21.1. The van der Waals surface area contributed by atoms with E-state index in [1.54, 1.807) is 0 Å². The number of halogens is 1. The summed E-state index contributed by atoms with van der Waals surface area (Å²) in [5, 5.41) is 6.93. The Bertz CT molecular complexity index is 319. The quantitative estimate of drug-likeness (QED) is 0.820. The lowest BCUT2D eigenvalue weighted by Gasteiger charge is -2.15. The molecule has 1 aliphatic heterocycles. The Balaban J connectivity index is 2.08. The topological polar surface area (TPSA) is 24.1 Å². The van der Waals surface area contributed by atoms with Crippen molar-refractivity contribution in [2.45, 2.75) is 19.4 Å². The van der Waals surface area contributed by atoms with Gasteiger partial charge in [-0.25, -0.2) is 0 Å². The van der Waals surface area contributed by atoms with Crippen LogP contribution in [0.5, 0.6) is 0 Å². The number of benzene rings is 1. The number of hydrogen-bond acceptors (Lipinski definition) is 2. The summed E-state index contributed by atoms with van der Waals surface area (Å²) in [7, 11) is 0. The summed E-state index contributed by atoms with van der Waals surface area (Å²) in [6, 6.07) is 7.15. The first-order valence-electron chi connectivity index (χ1n) is 4.99. The van der Waals surface area contributed by atoms with Crippen LogP contribution >= 0.6 is 22.6 Å². The van der Waals surface area contributed by atoms with E-state index in [0.717, 1.165) is 13.1 Å². The van der Waals surface area contributed by atoms with Gasteiger partial charge in [0.15, 0.2) is 0 Å². The van der Waals surface area contributed by atoms with E-state index in [0.29, 0.717) is 6.04 Å². The number of anilines is 1. The smallest absolute Gasteiger partial charge is 0.0398 e. The van der Waals surface area contributed by atoms with Crippen LogP contribution in [0.25, 0.3) is 0 Å². The Labute approximate surface area is 98.6 Å². The van der Waals surface area contributed by atoms with E-state index in [1.165, 1.54) is 21.2 Å². The molecular weight excluding hydrogens is 287 g/mol. The van der Waals surface area contributed by atoms with Gasteiger partial charge >= 0.3 is 0 Å². The molecule has 76 valence electrons. The van der Waals surface area contributed by atoms with Gasteiger partial charge in [0.2, 0.25) is 0 Å². The molecule has 0 spiro atoms. The van der Waals surface area contributed by atoms with Crippen LogP contribution in [0.15, 0.2) is 18.2 Å². The average Bonchev–Trinajstić information content (AvgIpc) is 2.62. The van der Waals surface area contributed by atoms with Crippen molar-refractivity contribution in [3.05, 3.63) is 27.3 Å². The highest BCUT2D eigenvalue weighted by Crippen LogP contribution is 2.19. The van der Waals surface area contributed by atoms with Gasteiger partial charge in [-0.15, -0.1) is 0 Å². The lowest BCUT2D eigenvalue weighted by Crippen LogP contribution is -2.22. The van der Waals surface area contributed by atoms with E-state index in [9.17, 15) is 0 Å². The molecule has 1 aromatic carbocycles. The van der Waals surface area contributed by atoms with Gasteiger partial charge in [-0.05, 0) is 66.2 Å². The highest BCUT2D eigenvalue weighted by Gasteiger charge is 2.14. The summed E-state index contributed by atoms with van der Waals surface area (Å²) in [5.74, 6) is 0. The van der Waals surface area contributed by atoms with Crippen molar-refractivity contribution in [3.63, 3.8) is 0 Å². The molecular formula is C11H15IN2. The van der Waals surface area contributed by atoms with Crippen molar-refractivity contribution in [2.24, 2.45) is 0 Å². The third-order valence-corrected chi connectivity index (χ3v) is 3.28. The minimum Gasteiger partial charge on any atom is -0.381 e. The van der Waals surface area contributed by atoms with Crippen molar-refractivity contribution in [1.82, 2.24) is 5.32 Å². The van der Waals surface area contributed by atoms with Crippen molar-refractivity contribution >= 4 is 28.3 Å². The number of rotatable bonds is 2. The van der Waals surface area contributed by atoms with E-state index < -0.39 is 0 Å². The molecule has 2 nitrogen and oxygen atoms in total. The van der Waals surface area contributed by atoms with Gasteiger partial charge in [0.25, 0.3) is 0 Å². The number of aryl methyl sites for hydroxylation is 1. The van der Waals surface area contributed by atoms with Crippen LogP contribution in [-0.2, 0) is 0 Å². The largest absolute Gasteiger partial charge is 0.381 e. The summed E-state index contributed by atoms with van der Waals surface area (Å²) < 4.78 is 1.30. The van der Waals surface area contributed by atoms with Crippen molar-refractivity contribution in [3.8, 4) is 0 Å². The lowest BCUT2D eigenvalue weighted by atomic mass is 10.1. The Kier molecular flexibility index (Phi) is 3.28. The zero-order valence-corrected chi connectivity index (χ0v) is 10.5. The second kappa shape index (κ2) is 4.49. The molecule has 0 aliphatic carbocycles. The maximum atomic E-state index is 3.57. The first kappa shape index (κ1) is 10.2. The molecule has 1 heterocycles. The molecule has 14 heavy (non-hydrogen) atoms. The molecule has 0 bridgehead atoms. The van der Waals surface area contributed by atoms with Crippen LogP contribution in [0.3, 0.4) is 0 Å². The summed E-state index contributed by atoms with van der Waals surface area (Å²) in [4.78, 5) is 0. The fraction of sp³-hybridized carbons (Fsp3) is 0.455. The van der Waals surface area contributed by atoms with Gasteiger partial charge in [-0.1, -0.05) is 0 Å². The first-order chi connectivity index (χ1) is 6.75. The molecule has 1 fully saturated rings. The Hall–Kier alpha value is -0.290. The van der Waals surface area contributed by atoms with Crippen LogP contribution in [0.4, 0.5) is 5.69 Å². The summed E-state index contributed by atoms with van der Waals surface area (Å²) >= 11 is 2.35. The molecule has 0 radical (unpaired) electrons. The third-order valence-electron chi connectivity index (χ3n) is 2.61. The SMILES string of the molecule is Cc1cc(I)ccc1NC1CCNC1. The molecule has 1 saturated heterocycles. The molecule has 1 atom stereocenters. The van der Waals surface area contributed by atoms with E-state index in [2.05, 4.69) is 58.3 Å². The van der Waals surface area contributed by atoms with Gasteiger partial charge < -0.3 is 10.6 Å². The van der Waals surface area contributed by atoms with Gasteiger partial charge in [0, 0.05) is 21.8 Å². The van der Waals surface area contributed by atoms with Crippen LogP contribution in [0.2, 0.25) is 0 Å². The zero-order chi connectivity index (χ0) is 9.97. The minimum absolute atomic E-state index is 0.605. The maximum absolute atomic E-state index is 3.57. The van der Waals surface area contributed by atoms with E-state index in [-0.39, 0.29) is 0 Å². The molecule has 1 aliphatic rings. The van der Waals surface area contributed by atoms with Crippen molar-refractivity contribution < 1.29 is 0 Å². The second-order valence-electron chi connectivity index (χ2n) is 3.79.